The van der Waals surface area contributed by atoms with Crippen LogP contribution in [-0.2, 0) is 0 Å². The van der Waals surface area contributed by atoms with Crippen molar-refractivity contribution in [1.82, 2.24) is 4.98 Å². The highest BCUT2D eigenvalue weighted by atomic mass is 16.5. The monoisotopic (exact) mass is 306 g/mol. The van der Waals surface area contributed by atoms with E-state index in [1.165, 1.54) is 0 Å². The van der Waals surface area contributed by atoms with E-state index in [9.17, 15) is 4.79 Å². The molecule has 0 bridgehead atoms. The number of aryl methyl sites for hydroxylation is 2. The van der Waals surface area contributed by atoms with Crippen LogP contribution in [0.5, 0.6) is 5.75 Å². The molecule has 0 spiro atoms. The number of pyridine rings is 1. The van der Waals surface area contributed by atoms with Crippen molar-refractivity contribution in [3.63, 3.8) is 0 Å². The van der Waals surface area contributed by atoms with Crippen LogP contribution in [0, 0.1) is 13.8 Å². The van der Waals surface area contributed by atoms with E-state index >= 15 is 0 Å². The maximum absolute atomic E-state index is 12.5. The number of anilines is 1. The highest BCUT2D eigenvalue weighted by molar-refractivity contribution is 6.06. The molecule has 0 aliphatic carbocycles. The molecule has 0 aliphatic rings. The van der Waals surface area contributed by atoms with Crippen LogP contribution in [0.15, 0.2) is 48.5 Å². The first-order chi connectivity index (χ1) is 11.1. The van der Waals surface area contributed by atoms with Crippen LogP contribution >= 0.6 is 0 Å². The Bertz CT molecular complexity index is 870. The molecule has 1 N–H and O–H groups in total. The van der Waals surface area contributed by atoms with Crippen LogP contribution in [0.2, 0.25) is 0 Å². The minimum absolute atomic E-state index is 0.156. The Morgan fingerprint density at radius 2 is 1.78 bits per heavy atom. The van der Waals surface area contributed by atoms with Crippen molar-refractivity contribution in [3.8, 4) is 5.75 Å². The van der Waals surface area contributed by atoms with Gasteiger partial charge in [0.1, 0.15) is 5.75 Å². The van der Waals surface area contributed by atoms with E-state index in [0.29, 0.717) is 11.3 Å². The third-order valence-electron chi connectivity index (χ3n) is 3.77. The number of fused-ring (bicyclic) bond motifs is 1. The van der Waals surface area contributed by atoms with E-state index < -0.39 is 0 Å². The lowest BCUT2D eigenvalue weighted by atomic mass is 10.1. The second kappa shape index (κ2) is 6.08. The van der Waals surface area contributed by atoms with Gasteiger partial charge >= 0.3 is 0 Å². The van der Waals surface area contributed by atoms with Gasteiger partial charge in [0.15, 0.2) is 0 Å². The zero-order valence-electron chi connectivity index (χ0n) is 13.4. The van der Waals surface area contributed by atoms with Gasteiger partial charge in [-0.25, -0.2) is 0 Å². The summed E-state index contributed by atoms with van der Waals surface area (Å²) in [5.41, 5.74) is 4.00. The lowest BCUT2D eigenvalue weighted by molar-refractivity contribution is 0.102. The molecule has 0 saturated carbocycles. The van der Waals surface area contributed by atoms with Gasteiger partial charge < -0.3 is 10.1 Å². The summed E-state index contributed by atoms with van der Waals surface area (Å²) >= 11 is 0. The van der Waals surface area contributed by atoms with Crippen LogP contribution in [-0.4, -0.2) is 18.0 Å². The fourth-order valence-electron chi connectivity index (χ4n) is 2.44. The Morgan fingerprint density at radius 1 is 1.04 bits per heavy atom. The van der Waals surface area contributed by atoms with Gasteiger partial charge in [-0.2, -0.15) is 0 Å². The van der Waals surface area contributed by atoms with E-state index in [1.54, 1.807) is 7.11 Å². The van der Waals surface area contributed by atoms with E-state index in [1.807, 2.05) is 62.4 Å². The first kappa shape index (κ1) is 15.0. The Hall–Kier alpha value is -2.88. The Labute approximate surface area is 135 Å². The lowest BCUT2D eigenvalue weighted by Gasteiger charge is -2.10. The third kappa shape index (κ3) is 3.16. The molecule has 0 saturated heterocycles. The van der Waals surface area contributed by atoms with E-state index in [2.05, 4.69) is 10.3 Å². The van der Waals surface area contributed by atoms with Gasteiger partial charge in [0.05, 0.1) is 23.9 Å². The number of hydrogen-bond donors (Lipinski definition) is 1. The molecule has 0 atom stereocenters. The number of carbonyl (C=O) groups excluding carboxylic acids is 1. The van der Waals surface area contributed by atoms with Gasteiger partial charge in [-0.3, -0.25) is 9.78 Å². The molecule has 0 unspecified atom stereocenters. The molecule has 4 nitrogen and oxygen atoms in total. The number of benzene rings is 2. The summed E-state index contributed by atoms with van der Waals surface area (Å²) in [7, 11) is 1.62. The molecule has 1 aromatic heterocycles. The fraction of sp³-hybridized carbons (Fsp3) is 0.158. The number of methoxy groups -OCH3 is 1. The predicted molar refractivity (Wildman–Crippen MR) is 92.2 cm³/mol. The highest BCUT2D eigenvalue weighted by Crippen LogP contribution is 2.22. The molecular weight excluding hydrogens is 288 g/mol. The molecule has 2 aromatic carbocycles. The Kier molecular flexibility index (Phi) is 3.98. The maximum atomic E-state index is 12.5. The normalized spacial score (nSPS) is 10.6. The molecule has 3 aromatic rings. The summed E-state index contributed by atoms with van der Waals surface area (Å²) in [5.74, 6) is 0.595. The number of nitrogens with one attached hydrogen (secondary N) is 1. The van der Waals surface area contributed by atoms with Crippen LogP contribution in [0.25, 0.3) is 10.9 Å². The average molecular weight is 306 g/mol. The van der Waals surface area contributed by atoms with Crippen molar-refractivity contribution in [2.75, 3.05) is 12.4 Å². The van der Waals surface area contributed by atoms with Crippen molar-refractivity contribution in [1.29, 1.82) is 0 Å². The Morgan fingerprint density at radius 3 is 2.48 bits per heavy atom. The maximum Gasteiger partial charge on any atom is 0.257 e. The average Bonchev–Trinajstić information content (AvgIpc) is 2.55. The molecule has 116 valence electrons. The van der Waals surface area contributed by atoms with Gasteiger partial charge in [0.2, 0.25) is 0 Å². The smallest absolute Gasteiger partial charge is 0.257 e. The topological polar surface area (TPSA) is 51.2 Å². The van der Waals surface area contributed by atoms with E-state index in [0.717, 1.165) is 27.9 Å². The molecule has 3 rings (SSSR count). The summed E-state index contributed by atoms with van der Waals surface area (Å²) in [4.78, 5) is 17.0. The second-order valence-corrected chi connectivity index (χ2v) is 5.50. The number of carbonyl (C=O) groups is 1. The summed E-state index contributed by atoms with van der Waals surface area (Å²) in [6.07, 6.45) is 0. The van der Waals surface area contributed by atoms with Crippen LogP contribution in [0.4, 0.5) is 5.69 Å². The molecular formula is C19H18N2O2. The van der Waals surface area contributed by atoms with Crippen molar-refractivity contribution in [3.05, 3.63) is 65.4 Å². The van der Waals surface area contributed by atoms with Crippen LogP contribution in [0.1, 0.15) is 21.6 Å². The molecule has 1 heterocycles. The first-order valence-electron chi connectivity index (χ1n) is 7.40. The summed E-state index contributed by atoms with van der Waals surface area (Å²) in [6.45, 7) is 3.85. The van der Waals surface area contributed by atoms with E-state index in [-0.39, 0.29) is 5.91 Å². The van der Waals surface area contributed by atoms with Gasteiger partial charge in [-0.1, -0.05) is 17.7 Å². The van der Waals surface area contributed by atoms with E-state index in [4.69, 9.17) is 4.74 Å². The molecule has 4 heteroatoms. The van der Waals surface area contributed by atoms with Crippen molar-refractivity contribution < 1.29 is 9.53 Å². The zero-order chi connectivity index (χ0) is 16.4. The SMILES string of the molecule is COc1ccc2cc(C(=O)Nc3ccc(C)cc3)c(C)nc2c1. The minimum atomic E-state index is -0.156. The van der Waals surface area contributed by atoms with Gasteiger partial charge in [0.25, 0.3) is 5.91 Å². The Balaban J connectivity index is 1.93. The number of aromatic nitrogens is 1. The number of nitrogens with zero attached hydrogens (tertiary/aromatic N) is 1. The molecule has 0 aliphatic heterocycles. The third-order valence-corrected chi connectivity index (χ3v) is 3.77. The first-order valence-corrected chi connectivity index (χ1v) is 7.40. The largest absolute Gasteiger partial charge is 0.497 e. The quantitative estimate of drug-likeness (QED) is 0.792. The molecule has 1 amide bonds. The van der Waals surface area contributed by atoms with Gasteiger partial charge in [-0.15, -0.1) is 0 Å². The molecule has 0 fully saturated rings. The second-order valence-electron chi connectivity index (χ2n) is 5.50. The number of amides is 1. The molecule has 0 radical (unpaired) electrons. The van der Waals surface area contributed by atoms with Gasteiger partial charge in [0, 0.05) is 17.1 Å². The standard InChI is InChI=1S/C19H18N2O2/c1-12-4-7-15(8-5-12)21-19(22)17-10-14-6-9-16(23-3)11-18(14)20-13(17)2/h4-11H,1-3H3,(H,21,22). The summed E-state index contributed by atoms with van der Waals surface area (Å²) in [5, 5.41) is 3.82. The fourth-order valence-corrected chi connectivity index (χ4v) is 2.44. The predicted octanol–water partition coefficient (Wildman–Crippen LogP) is 4.11. The molecule has 23 heavy (non-hydrogen) atoms. The van der Waals surface area contributed by atoms with Gasteiger partial charge in [-0.05, 0) is 44.2 Å². The van der Waals surface area contributed by atoms with Crippen LogP contribution in [0.3, 0.4) is 0 Å². The number of hydrogen-bond acceptors (Lipinski definition) is 3. The van der Waals surface area contributed by atoms with Crippen LogP contribution < -0.4 is 10.1 Å². The summed E-state index contributed by atoms with van der Waals surface area (Å²) < 4.78 is 5.21. The van der Waals surface area contributed by atoms with Crippen molar-refractivity contribution in [2.24, 2.45) is 0 Å². The van der Waals surface area contributed by atoms with Crippen molar-refractivity contribution in [2.45, 2.75) is 13.8 Å². The number of ether oxygens (including phenoxy) is 1. The van der Waals surface area contributed by atoms with Crippen molar-refractivity contribution >= 4 is 22.5 Å². The minimum Gasteiger partial charge on any atom is -0.497 e. The highest BCUT2D eigenvalue weighted by Gasteiger charge is 2.12. The lowest BCUT2D eigenvalue weighted by Crippen LogP contribution is -2.14. The summed E-state index contributed by atoms with van der Waals surface area (Å²) in [6, 6.07) is 15.2. The number of rotatable bonds is 3. The zero-order valence-corrected chi connectivity index (χ0v) is 13.4.